The summed E-state index contributed by atoms with van der Waals surface area (Å²) >= 11 is 0.908. The zero-order valence-corrected chi connectivity index (χ0v) is 19.8. The van der Waals surface area contributed by atoms with Crippen molar-refractivity contribution in [2.24, 2.45) is 0 Å². The molecule has 3 aromatic rings. The summed E-state index contributed by atoms with van der Waals surface area (Å²) in [6, 6.07) is 7.65. The second-order valence-corrected chi connectivity index (χ2v) is 9.82. The Morgan fingerprint density at radius 3 is 2.38 bits per heavy atom. The first kappa shape index (κ1) is 23.7. The molecule has 0 aliphatic carbocycles. The fourth-order valence-corrected chi connectivity index (χ4v) is 6.21. The van der Waals surface area contributed by atoms with E-state index in [9.17, 15) is 22.8 Å². The molecule has 178 valence electrons. The van der Waals surface area contributed by atoms with Crippen molar-refractivity contribution in [3.63, 3.8) is 0 Å². The fraction of sp³-hybridized carbons (Fsp3) is 0.286. The zero-order chi connectivity index (χ0) is 24.5. The Labute approximate surface area is 199 Å². The van der Waals surface area contributed by atoms with Crippen molar-refractivity contribution in [1.29, 1.82) is 0 Å². The van der Waals surface area contributed by atoms with Gasteiger partial charge in [-0.2, -0.15) is 13.1 Å². The molecule has 1 amide bonds. The minimum atomic E-state index is -4.04. The lowest BCUT2D eigenvalue weighted by Gasteiger charge is -2.23. The molecule has 13 heteroatoms. The van der Waals surface area contributed by atoms with Crippen LogP contribution in [0, 0.1) is 0 Å². The molecule has 1 saturated heterocycles. The second-order valence-electron chi connectivity index (χ2n) is 7.43. The monoisotopic (exact) mass is 504 g/mol. The first-order valence-electron chi connectivity index (χ1n) is 10.1. The molecule has 0 saturated carbocycles. The summed E-state index contributed by atoms with van der Waals surface area (Å²) in [5.74, 6) is -2.02. The third-order valence-electron chi connectivity index (χ3n) is 5.38. The van der Waals surface area contributed by atoms with Gasteiger partial charge in [0.1, 0.15) is 22.0 Å². The molecule has 1 fully saturated rings. The highest BCUT2D eigenvalue weighted by atomic mass is 32.2. The van der Waals surface area contributed by atoms with Crippen LogP contribution >= 0.6 is 11.7 Å². The number of hydrogen-bond donors (Lipinski definition) is 1. The van der Waals surface area contributed by atoms with Gasteiger partial charge in [0.15, 0.2) is 0 Å². The standard InChI is InChI=1S/C21H20N4O7S2/c1-31-20(27)12-9-13(21(28)32-2)11-14(10-12)22-19(26)16-6-4-8-25(16)34(29,30)17-7-3-5-15-18(17)24-33-23-15/h3,5,7,9-11,16H,4,6,8H2,1-2H3,(H,22,26)/t16-/m1/s1. The second kappa shape index (κ2) is 9.44. The van der Waals surface area contributed by atoms with Crippen molar-refractivity contribution in [3.05, 3.63) is 47.5 Å². The lowest BCUT2D eigenvalue weighted by molar-refractivity contribution is -0.119. The molecule has 2 heterocycles. The van der Waals surface area contributed by atoms with Crippen molar-refractivity contribution >= 4 is 56.3 Å². The summed E-state index contributed by atoms with van der Waals surface area (Å²) in [6.45, 7) is 0.157. The number of sulfonamides is 1. The van der Waals surface area contributed by atoms with Gasteiger partial charge in [0, 0.05) is 12.2 Å². The molecular formula is C21H20N4O7S2. The zero-order valence-electron chi connectivity index (χ0n) is 18.2. The van der Waals surface area contributed by atoms with Crippen molar-refractivity contribution < 1.29 is 32.3 Å². The number of carbonyl (C=O) groups is 3. The van der Waals surface area contributed by atoms with Gasteiger partial charge >= 0.3 is 11.9 Å². The summed E-state index contributed by atoms with van der Waals surface area (Å²) in [7, 11) is -1.67. The van der Waals surface area contributed by atoms with Gasteiger partial charge in [-0.15, -0.1) is 0 Å². The van der Waals surface area contributed by atoms with Gasteiger partial charge in [-0.3, -0.25) is 4.79 Å². The van der Waals surface area contributed by atoms with Gasteiger partial charge < -0.3 is 14.8 Å². The van der Waals surface area contributed by atoms with Crippen LogP contribution in [0.3, 0.4) is 0 Å². The number of amides is 1. The van der Waals surface area contributed by atoms with E-state index in [0.29, 0.717) is 18.4 Å². The van der Waals surface area contributed by atoms with Crippen LogP contribution in [0.15, 0.2) is 41.3 Å². The maximum atomic E-state index is 13.4. The summed E-state index contributed by atoms with van der Waals surface area (Å²) in [4.78, 5) is 37.2. The third kappa shape index (κ3) is 4.36. The Morgan fingerprint density at radius 1 is 1.06 bits per heavy atom. The number of fused-ring (bicyclic) bond motifs is 1. The minimum Gasteiger partial charge on any atom is -0.465 e. The summed E-state index contributed by atoms with van der Waals surface area (Å²) in [5, 5.41) is 2.62. The van der Waals surface area contributed by atoms with E-state index < -0.39 is 33.9 Å². The lowest BCUT2D eigenvalue weighted by atomic mass is 10.1. The number of nitrogens with zero attached hydrogens (tertiary/aromatic N) is 3. The first-order valence-corrected chi connectivity index (χ1v) is 12.3. The number of esters is 2. The molecule has 4 rings (SSSR count). The van der Waals surface area contributed by atoms with Gasteiger partial charge in [-0.05, 0) is 43.2 Å². The predicted octanol–water partition coefficient (Wildman–Crippen LogP) is 2.06. The maximum absolute atomic E-state index is 13.4. The normalized spacial score (nSPS) is 16.4. The highest BCUT2D eigenvalue weighted by molar-refractivity contribution is 7.89. The van der Waals surface area contributed by atoms with Crippen LogP contribution in [0.25, 0.3) is 11.0 Å². The molecule has 11 nitrogen and oxygen atoms in total. The van der Waals surface area contributed by atoms with Crippen molar-refractivity contribution in [3.8, 4) is 0 Å². The van der Waals surface area contributed by atoms with Crippen LogP contribution in [-0.4, -0.2) is 66.1 Å². The quantitative estimate of drug-likeness (QED) is 0.499. The molecule has 0 unspecified atom stereocenters. The third-order valence-corrected chi connectivity index (χ3v) is 7.87. The van der Waals surface area contributed by atoms with E-state index in [4.69, 9.17) is 9.47 Å². The Hall–Kier alpha value is -3.42. The van der Waals surface area contributed by atoms with Crippen LogP contribution in [-0.2, 0) is 24.3 Å². The summed E-state index contributed by atoms with van der Waals surface area (Å²) in [6.07, 6.45) is 0.787. The Balaban J connectivity index is 1.64. The highest BCUT2D eigenvalue weighted by Crippen LogP contribution is 2.30. The predicted molar refractivity (Wildman–Crippen MR) is 122 cm³/mol. The van der Waals surface area contributed by atoms with E-state index in [-0.39, 0.29) is 33.8 Å². The van der Waals surface area contributed by atoms with Crippen molar-refractivity contribution in [1.82, 2.24) is 13.1 Å². The fourth-order valence-electron chi connectivity index (χ4n) is 3.80. The van der Waals surface area contributed by atoms with E-state index in [1.165, 1.54) is 38.5 Å². The van der Waals surface area contributed by atoms with Gasteiger partial charge in [-0.25, -0.2) is 18.0 Å². The number of anilines is 1. The Bertz CT molecular complexity index is 1350. The topological polar surface area (TPSA) is 145 Å². The van der Waals surface area contributed by atoms with E-state index in [1.54, 1.807) is 12.1 Å². The molecule has 34 heavy (non-hydrogen) atoms. The number of benzene rings is 2. The number of ether oxygens (including phenoxy) is 2. The lowest BCUT2D eigenvalue weighted by Crippen LogP contribution is -2.43. The van der Waals surface area contributed by atoms with Gasteiger partial charge in [0.25, 0.3) is 0 Å². The molecule has 1 aliphatic heterocycles. The van der Waals surface area contributed by atoms with Crippen molar-refractivity contribution in [2.75, 3.05) is 26.1 Å². The largest absolute Gasteiger partial charge is 0.465 e. The number of methoxy groups -OCH3 is 2. The molecule has 1 atom stereocenters. The molecule has 1 aliphatic rings. The number of rotatable bonds is 6. The van der Waals surface area contributed by atoms with Crippen LogP contribution < -0.4 is 5.32 Å². The smallest absolute Gasteiger partial charge is 0.337 e. The molecule has 1 aromatic heterocycles. The maximum Gasteiger partial charge on any atom is 0.337 e. The molecule has 0 radical (unpaired) electrons. The van der Waals surface area contributed by atoms with Crippen LogP contribution in [0.4, 0.5) is 5.69 Å². The van der Waals surface area contributed by atoms with Crippen LogP contribution in [0.1, 0.15) is 33.6 Å². The number of nitrogens with one attached hydrogen (secondary N) is 1. The average molecular weight is 505 g/mol. The summed E-state index contributed by atoms with van der Waals surface area (Å²) in [5.41, 5.74) is 0.898. The number of carbonyl (C=O) groups excluding carboxylic acids is 3. The van der Waals surface area contributed by atoms with Gasteiger partial charge in [0.2, 0.25) is 15.9 Å². The first-order chi connectivity index (χ1) is 16.3. The summed E-state index contributed by atoms with van der Waals surface area (Å²) < 4.78 is 45.6. The van der Waals surface area contributed by atoms with E-state index in [1.807, 2.05) is 0 Å². The van der Waals surface area contributed by atoms with Crippen LogP contribution in [0.5, 0.6) is 0 Å². The number of aromatic nitrogens is 2. The van der Waals surface area contributed by atoms with E-state index >= 15 is 0 Å². The molecule has 1 N–H and O–H groups in total. The molecule has 0 bridgehead atoms. The SMILES string of the molecule is COC(=O)c1cc(NC(=O)[C@H]2CCCN2S(=O)(=O)c2cccc3nsnc23)cc(C(=O)OC)c1. The molecule has 0 spiro atoms. The van der Waals surface area contributed by atoms with Crippen LogP contribution in [0.2, 0.25) is 0 Å². The van der Waals surface area contributed by atoms with Gasteiger partial charge in [0.05, 0.1) is 37.1 Å². The minimum absolute atomic E-state index is 0.0147. The Kier molecular flexibility index (Phi) is 6.59. The average Bonchev–Trinajstić information content (AvgIpc) is 3.52. The molecular weight excluding hydrogens is 484 g/mol. The van der Waals surface area contributed by atoms with Gasteiger partial charge in [-0.1, -0.05) is 6.07 Å². The van der Waals surface area contributed by atoms with Crippen molar-refractivity contribution in [2.45, 2.75) is 23.8 Å². The van der Waals surface area contributed by atoms with E-state index in [0.717, 1.165) is 16.0 Å². The highest BCUT2D eigenvalue weighted by Gasteiger charge is 2.40. The number of hydrogen-bond acceptors (Lipinski definition) is 10. The Morgan fingerprint density at radius 2 is 1.74 bits per heavy atom. The van der Waals surface area contributed by atoms with E-state index in [2.05, 4.69) is 14.1 Å². The molecule has 2 aromatic carbocycles.